The molecule has 0 aliphatic heterocycles. The summed E-state index contributed by atoms with van der Waals surface area (Å²) in [6, 6.07) is 0. The number of nitrogen functional groups attached to an aromatic ring is 1. The number of rotatable bonds is 3. The van der Waals surface area contributed by atoms with Gasteiger partial charge in [-0.2, -0.15) is 5.10 Å². The topological polar surface area (TPSA) is 61.7 Å². The summed E-state index contributed by atoms with van der Waals surface area (Å²) >= 11 is 3.32. The first-order valence-corrected chi connectivity index (χ1v) is 5.41. The second-order valence-electron chi connectivity index (χ2n) is 3.33. The fraction of sp³-hybridized carbons (Fsp3) is 0.333. The van der Waals surface area contributed by atoms with Gasteiger partial charge in [-0.05, 0) is 15.9 Å². The van der Waals surface area contributed by atoms with E-state index in [-0.39, 0.29) is 0 Å². The van der Waals surface area contributed by atoms with Gasteiger partial charge in [0.25, 0.3) is 0 Å². The molecule has 0 atom stereocenters. The van der Waals surface area contributed by atoms with Crippen molar-refractivity contribution in [3.8, 4) is 0 Å². The van der Waals surface area contributed by atoms with Crippen molar-refractivity contribution in [1.29, 1.82) is 0 Å². The molecule has 6 heteroatoms. The number of nitrogens with two attached hydrogens (primary N) is 1. The molecular weight excluding hydrogens is 258 g/mol. The third-order valence-electron chi connectivity index (χ3n) is 2.23. The Labute approximate surface area is 96.0 Å². The third kappa shape index (κ3) is 2.20. The molecule has 15 heavy (non-hydrogen) atoms. The van der Waals surface area contributed by atoms with Crippen molar-refractivity contribution in [2.45, 2.75) is 13.0 Å². The van der Waals surface area contributed by atoms with Gasteiger partial charge in [0.1, 0.15) is 5.82 Å². The lowest BCUT2D eigenvalue weighted by Gasteiger charge is -2.01. The molecule has 0 unspecified atom stereocenters. The number of halogens is 1. The highest BCUT2D eigenvalue weighted by molar-refractivity contribution is 9.10. The zero-order chi connectivity index (χ0) is 10.8. The lowest BCUT2D eigenvalue weighted by molar-refractivity contribution is 0.591. The Morgan fingerprint density at radius 3 is 2.87 bits per heavy atom. The van der Waals surface area contributed by atoms with Crippen molar-refractivity contribution in [3.05, 3.63) is 28.9 Å². The normalized spacial score (nSPS) is 10.8. The van der Waals surface area contributed by atoms with Crippen molar-refractivity contribution in [2.75, 3.05) is 5.73 Å². The van der Waals surface area contributed by atoms with Crippen LogP contribution < -0.4 is 5.73 Å². The summed E-state index contributed by atoms with van der Waals surface area (Å²) in [7, 11) is 1.98. The maximum atomic E-state index is 5.62. The summed E-state index contributed by atoms with van der Waals surface area (Å²) in [6.45, 7) is 0.778. The second-order valence-corrected chi connectivity index (χ2v) is 4.18. The van der Waals surface area contributed by atoms with Crippen LogP contribution in [0, 0.1) is 0 Å². The predicted molar refractivity (Wildman–Crippen MR) is 61.3 cm³/mol. The lowest BCUT2D eigenvalue weighted by Crippen LogP contribution is -2.06. The van der Waals surface area contributed by atoms with Gasteiger partial charge in [0.2, 0.25) is 0 Å². The van der Waals surface area contributed by atoms with E-state index < -0.39 is 0 Å². The Balaban J connectivity index is 2.02. The standard InChI is InChI=1S/C9H12BrN5/c1-14-5-3-12-8(14)2-4-15-6-7(10)9(11)13-15/h3,5-6H,2,4H2,1H3,(H2,11,13). The van der Waals surface area contributed by atoms with Crippen LogP contribution in [-0.2, 0) is 20.0 Å². The smallest absolute Gasteiger partial charge is 0.159 e. The predicted octanol–water partition coefficient (Wildman–Crippen LogP) is 1.20. The van der Waals surface area contributed by atoms with Crippen LogP contribution in [0.4, 0.5) is 5.82 Å². The van der Waals surface area contributed by atoms with Gasteiger partial charge in [-0.3, -0.25) is 4.68 Å². The van der Waals surface area contributed by atoms with Crippen molar-refractivity contribution < 1.29 is 0 Å². The molecule has 2 aromatic rings. The summed E-state index contributed by atoms with van der Waals surface area (Å²) in [5.41, 5.74) is 5.62. The van der Waals surface area contributed by atoms with Crippen LogP contribution in [0.1, 0.15) is 5.82 Å². The number of nitrogens with zero attached hydrogens (tertiary/aromatic N) is 4. The van der Waals surface area contributed by atoms with Gasteiger partial charge >= 0.3 is 0 Å². The maximum absolute atomic E-state index is 5.62. The fourth-order valence-corrected chi connectivity index (χ4v) is 1.69. The maximum Gasteiger partial charge on any atom is 0.159 e. The number of aryl methyl sites for hydroxylation is 3. The summed E-state index contributed by atoms with van der Waals surface area (Å²) in [5.74, 6) is 1.56. The average Bonchev–Trinajstić information content (AvgIpc) is 2.72. The SMILES string of the molecule is Cn1ccnc1CCn1cc(Br)c(N)n1. The van der Waals surface area contributed by atoms with E-state index in [2.05, 4.69) is 26.0 Å². The first-order valence-electron chi connectivity index (χ1n) is 4.61. The van der Waals surface area contributed by atoms with Gasteiger partial charge in [0.15, 0.2) is 5.82 Å². The molecule has 2 aromatic heterocycles. The molecule has 2 N–H and O–H groups in total. The first kappa shape index (κ1) is 10.2. The van der Waals surface area contributed by atoms with Gasteiger partial charge in [-0.1, -0.05) is 0 Å². The minimum absolute atomic E-state index is 0.523. The van der Waals surface area contributed by atoms with Crippen LogP contribution in [0.5, 0.6) is 0 Å². The Morgan fingerprint density at radius 2 is 2.33 bits per heavy atom. The van der Waals surface area contributed by atoms with E-state index >= 15 is 0 Å². The number of anilines is 1. The molecule has 0 aromatic carbocycles. The van der Waals surface area contributed by atoms with E-state index in [0.717, 1.165) is 23.3 Å². The van der Waals surface area contributed by atoms with Gasteiger partial charge < -0.3 is 10.3 Å². The largest absolute Gasteiger partial charge is 0.381 e. The Hall–Kier alpha value is -1.30. The summed E-state index contributed by atoms with van der Waals surface area (Å²) in [4.78, 5) is 4.24. The lowest BCUT2D eigenvalue weighted by atomic mass is 10.4. The number of aromatic nitrogens is 4. The van der Waals surface area contributed by atoms with Crippen LogP contribution >= 0.6 is 15.9 Å². The van der Waals surface area contributed by atoms with Gasteiger partial charge in [0.05, 0.1) is 4.47 Å². The molecule has 0 amide bonds. The molecular formula is C9H12BrN5. The van der Waals surface area contributed by atoms with E-state index in [9.17, 15) is 0 Å². The highest BCUT2D eigenvalue weighted by atomic mass is 79.9. The molecule has 0 aliphatic rings. The Bertz CT molecular complexity index is 439. The van der Waals surface area contributed by atoms with Crippen LogP contribution in [0.3, 0.4) is 0 Å². The molecule has 5 nitrogen and oxygen atoms in total. The third-order valence-corrected chi connectivity index (χ3v) is 2.84. The molecule has 0 saturated heterocycles. The minimum Gasteiger partial charge on any atom is -0.381 e. The molecule has 0 radical (unpaired) electrons. The Morgan fingerprint density at radius 1 is 1.53 bits per heavy atom. The highest BCUT2D eigenvalue weighted by Crippen LogP contribution is 2.16. The van der Waals surface area contributed by atoms with E-state index in [1.54, 1.807) is 6.20 Å². The highest BCUT2D eigenvalue weighted by Gasteiger charge is 2.04. The number of hydrogen-bond donors (Lipinski definition) is 1. The van der Waals surface area contributed by atoms with Crippen molar-refractivity contribution in [2.24, 2.45) is 7.05 Å². The van der Waals surface area contributed by atoms with Crippen molar-refractivity contribution in [1.82, 2.24) is 19.3 Å². The fourth-order valence-electron chi connectivity index (χ4n) is 1.38. The molecule has 2 rings (SSSR count). The van der Waals surface area contributed by atoms with Crippen LogP contribution in [0.2, 0.25) is 0 Å². The van der Waals surface area contributed by atoms with Gasteiger partial charge in [0, 0.05) is 38.6 Å². The summed E-state index contributed by atoms with van der Waals surface area (Å²) in [5, 5.41) is 4.15. The average molecular weight is 270 g/mol. The van der Waals surface area contributed by atoms with Crippen molar-refractivity contribution >= 4 is 21.7 Å². The number of hydrogen-bond acceptors (Lipinski definition) is 3. The minimum atomic E-state index is 0.523. The number of imidazole rings is 1. The van der Waals surface area contributed by atoms with Crippen molar-refractivity contribution in [3.63, 3.8) is 0 Å². The van der Waals surface area contributed by atoms with Crippen LogP contribution in [0.15, 0.2) is 23.1 Å². The Kier molecular flexibility index (Phi) is 2.77. The summed E-state index contributed by atoms with van der Waals surface area (Å²) < 4.78 is 4.65. The van der Waals surface area contributed by atoms with Crippen LogP contribution in [0.25, 0.3) is 0 Å². The zero-order valence-electron chi connectivity index (χ0n) is 8.39. The molecule has 0 spiro atoms. The van der Waals surface area contributed by atoms with E-state index in [4.69, 9.17) is 5.73 Å². The quantitative estimate of drug-likeness (QED) is 0.911. The van der Waals surface area contributed by atoms with Gasteiger partial charge in [-0.25, -0.2) is 4.98 Å². The molecule has 0 bridgehead atoms. The van der Waals surface area contributed by atoms with E-state index in [0.29, 0.717) is 5.82 Å². The molecule has 0 fully saturated rings. The molecule has 0 saturated carbocycles. The van der Waals surface area contributed by atoms with E-state index in [1.807, 2.05) is 28.7 Å². The van der Waals surface area contributed by atoms with Gasteiger partial charge in [-0.15, -0.1) is 0 Å². The molecule has 0 aliphatic carbocycles. The first-order chi connectivity index (χ1) is 7.16. The van der Waals surface area contributed by atoms with Crippen LogP contribution in [-0.4, -0.2) is 19.3 Å². The second kappa shape index (κ2) is 4.06. The zero-order valence-corrected chi connectivity index (χ0v) is 9.98. The monoisotopic (exact) mass is 269 g/mol. The molecule has 2 heterocycles. The molecule has 80 valence electrons. The summed E-state index contributed by atoms with van der Waals surface area (Å²) in [6.07, 6.45) is 6.45. The van der Waals surface area contributed by atoms with E-state index in [1.165, 1.54) is 0 Å².